The van der Waals surface area contributed by atoms with Crippen LogP contribution in [0.3, 0.4) is 0 Å². The fourth-order valence-corrected chi connectivity index (χ4v) is 2.51. The van der Waals surface area contributed by atoms with Crippen molar-refractivity contribution in [2.24, 2.45) is 5.92 Å². The zero-order valence-electron chi connectivity index (χ0n) is 12.2. The van der Waals surface area contributed by atoms with E-state index in [9.17, 15) is 14.9 Å². The Bertz CT molecular complexity index is 669. The van der Waals surface area contributed by atoms with Crippen LogP contribution in [0, 0.1) is 16.0 Å². The highest BCUT2D eigenvalue weighted by Crippen LogP contribution is 2.22. The van der Waals surface area contributed by atoms with Crippen LogP contribution in [0.2, 0.25) is 0 Å². The van der Waals surface area contributed by atoms with Gasteiger partial charge in [0.2, 0.25) is 11.9 Å². The number of aromatic nitrogens is 2. The molecule has 0 aliphatic heterocycles. The molecule has 2 rings (SSSR count). The highest BCUT2D eigenvalue weighted by molar-refractivity contribution is 7.98. The van der Waals surface area contributed by atoms with E-state index in [0.29, 0.717) is 11.6 Å². The Labute approximate surface area is 131 Å². The molecule has 1 unspecified atom stereocenters. The summed E-state index contributed by atoms with van der Waals surface area (Å²) >= 11 is 1.61. The van der Waals surface area contributed by atoms with Crippen molar-refractivity contribution in [1.82, 2.24) is 9.97 Å². The largest absolute Gasteiger partial charge is 0.324 e. The van der Waals surface area contributed by atoms with Gasteiger partial charge in [0.1, 0.15) is 0 Å². The maximum atomic E-state index is 11.9. The molecule has 1 aromatic carbocycles. The fraction of sp³-hybridized carbons (Fsp3) is 0.286. The Balaban J connectivity index is 2.08. The molecule has 1 heterocycles. The number of thioether (sulfide) groups is 1. The van der Waals surface area contributed by atoms with Crippen LogP contribution in [0.25, 0.3) is 11.3 Å². The summed E-state index contributed by atoms with van der Waals surface area (Å²) in [6.07, 6.45) is 3.53. The van der Waals surface area contributed by atoms with Crippen LogP contribution in [0.4, 0.5) is 11.6 Å². The quantitative estimate of drug-likeness (QED) is 0.629. The number of carbonyl (C=O) groups excluding carboxylic acids is 1. The predicted octanol–water partition coefficient (Wildman–Crippen LogP) is 2.92. The molecular formula is C14H16N4O3S. The molecular weight excluding hydrogens is 304 g/mol. The number of nitrogens with zero attached hydrogens (tertiary/aromatic N) is 2. The maximum absolute atomic E-state index is 11.9. The molecule has 1 atom stereocenters. The molecule has 0 saturated heterocycles. The average Bonchev–Trinajstić information content (AvgIpc) is 2.96. The molecule has 7 nitrogen and oxygen atoms in total. The number of aromatic amines is 1. The van der Waals surface area contributed by atoms with Crippen molar-refractivity contribution in [1.29, 1.82) is 0 Å². The summed E-state index contributed by atoms with van der Waals surface area (Å²) in [7, 11) is 0. The van der Waals surface area contributed by atoms with Crippen molar-refractivity contribution in [2.45, 2.75) is 6.92 Å². The first-order valence-electron chi connectivity index (χ1n) is 6.61. The number of nitrogens with one attached hydrogen (secondary N) is 2. The molecule has 0 fully saturated rings. The van der Waals surface area contributed by atoms with Gasteiger partial charge in [-0.25, -0.2) is 4.98 Å². The maximum Gasteiger partial charge on any atom is 0.269 e. The average molecular weight is 320 g/mol. The molecule has 0 aliphatic rings. The summed E-state index contributed by atoms with van der Waals surface area (Å²) in [4.78, 5) is 29.2. The number of rotatable bonds is 6. The Kier molecular flexibility index (Phi) is 5.16. The van der Waals surface area contributed by atoms with Crippen molar-refractivity contribution >= 4 is 29.3 Å². The smallest absolute Gasteiger partial charge is 0.269 e. The van der Waals surface area contributed by atoms with E-state index in [1.54, 1.807) is 30.1 Å². The highest BCUT2D eigenvalue weighted by Gasteiger charge is 2.14. The van der Waals surface area contributed by atoms with E-state index in [-0.39, 0.29) is 17.5 Å². The van der Waals surface area contributed by atoms with E-state index in [1.165, 1.54) is 12.1 Å². The Morgan fingerprint density at radius 1 is 1.45 bits per heavy atom. The van der Waals surface area contributed by atoms with Gasteiger partial charge in [-0.1, -0.05) is 6.92 Å². The first kappa shape index (κ1) is 16.0. The Hall–Kier alpha value is -2.35. The van der Waals surface area contributed by atoms with Gasteiger partial charge in [0, 0.05) is 29.4 Å². The van der Waals surface area contributed by atoms with Crippen molar-refractivity contribution in [3.05, 3.63) is 40.6 Å². The number of imidazole rings is 1. The van der Waals surface area contributed by atoms with Crippen LogP contribution in [-0.4, -0.2) is 32.8 Å². The molecule has 0 saturated carbocycles. The van der Waals surface area contributed by atoms with E-state index in [4.69, 9.17) is 0 Å². The van der Waals surface area contributed by atoms with Crippen molar-refractivity contribution in [3.8, 4) is 11.3 Å². The van der Waals surface area contributed by atoms with Gasteiger partial charge < -0.3 is 4.98 Å². The lowest BCUT2D eigenvalue weighted by atomic mass is 10.1. The number of non-ortho nitro benzene ring substituents is 1. The standard InChI is InChI=1S/C14H16N4O3S/c1-9(8-22-2)13(19)17-14-15-7-12(16-14)10-3-5-11(6-4-10)18(20)21/h3-7,9H,8H2,1-2H3,(H2,15,16,17,19). The first-order chi connectivity index (χ1) is 10.5. The lowest BCUT2D eigenvalue weighted by Crippen LogP contribution is -2.22. The van der Waals surface area contributed by atoms with E-state index >= 15 is 0 Å². The van der Waals surface area contributed by atoms with Gasteiger partial charge in [-0.3, -0.25) is 20.2 Å². The van der Waals surface area contributed by atoms with Crippen LogP contribution < -0.4 is 5.32 Å². The molecule has 116 valence electrons. The molecule has 2 N–H and O–H groups in total. The lowest BCUT2D eigenvalue weighted by molar-refractivity contribution is -0.384. The van der Waals surface area contributed by atoms with Gasteiger partial charge in [0.25, 0.3) is 5.69 Å². The number of nitro groups is 1. The third kappa shape index (κ3) is 3.85. The Morgan fingerprint density at radius 2 is 2.14 bits per heavy atom. The number of hydrogen-bond acceptors (Lipinski definition) is 5. The zero-order valence-corrected chi connectivity index (χ0v) is 13.0. The van der Waals surface area contributed by atoms with Crippen molar-refractivity contribution in [2.75, 3.05) is 17.3 Å². The molecule has 2 aromatic rings. The summed E-state index contributed by atoms with van der Waals surface area (Å²) < 4.78 is 0. The van der Waals surface area contributed by atoms with Gasteiger partial charge in [-0.05, 0) is 18.4 Å². The molecule has 1 amide bonds. The van der Waals surface area contributed by atoms with Crippen LogP contribution in [0.5, 0.6) is 0 Å². The number of carbonyl (C=O) groups is 1. The van der Waals surface area contributed by atoms with Crippen LogP contribution in [0.1, 0.15) is 6.92 Å². The lowest BCUT2D eigenvalue weighted by Gasteiger charge is -2.08. The SMILES string of the molecule is CSCC(C)C(=O)Nc1ncc(-c2ccc([N+](=O)[O-])cc2)[nH]1. The minimum absolute atomic E-state index is 0.0303. The summed E-state index contributed by atoms with van der Waals surface area (Å²) in [5, 5.41) is 13.3. The molecule has 0 radical (unpaired) electrons. The second-order valence-electron chi connectivity index (χ2n) is 4.80. The number of H-pyrrole nitrogens is 1. The van der Waals surface area contributed by atoms with Crippen molar-refractivity contribution in [3.63, 3.8) is 0 Å². The summed E-state index contributed by atoms with van der Waals surface area (Å²) in [5.41, 5.74) is 1.47. The third-order valence-electron chi connectivity index (χ3n) is 3.07. The van der Waals surface area contributed by atoms with Crippen LogP contribution in [-0.2, 0) is 4.79 Å². The Morgan fingerprint density at radius 3 is 2.73 bits per heavy atom. The topological polar surface area (TPSA) is 101 Å². The van der Waals surface area contributed by atoms with E-state index in [2.05, 4.69) is 15.3 Å². The number of anilines is 1. The number of benzene rings is 1. The third-order valence-corrected chi connectivity index (χ3v) is 3.90. The summed E-state index contributed by atoms with van der Waals surface area (Å²) in [6.45, 7) is 1.85. The molecule has 22 heavy (non-hydrogen) atoms. The van der Waals surface area contributed by atoms with Crippen LogP contribution in [0.15, 0.2) is 30.5 Å². The van der Waals surface area contributed by atoms with Gasteiger partial charge in [-0.2, -0.15) is 11.8 Å². The minimum atomic E-state index is -0.449. The van der Waals surface area contributed by atoms with Gasteiger partial charge >= 0.3 is 0 Å². The second kappa shape index (κ2) is 7.08. The molecule has 1 aromatic heterocycles. The van der Waals surface area contributed by atoms with Gasteiger partial charge in [-0.15, -0.1) is 0 Å². The number of hydrogen-bond donors (Lipinski definition) is 2. The number of nitro benzene ring substituents is 1. The number of amides is 1. The zero-order chi connectivity index (χ0) is 16.1. The first-order valence-corrected chi connectivity index (χ1v) is 8.00. The van der Waals surface area contributed by atoms with Crippen LogP contribution >= 0.6 is 11.8 Å². The summed E-state index contributed by atoms with van der Waals surface area (Å²) in [6, 6.07) is 6.12. The fourth-order valence-electron chi connectivity index (χ4n) is 1.86. The molecule has 0 bridgehead atoms. The summed E-state index contributed by atoms with van der Waals surface area (Å²) in [5.74, 6) is 0.898. The molecule has 0 aliphatic carbocycles. The molecule has 8 heteroatoms. The highest BCUT2D eigenvalue weighted by atomic mass is 32.2. The van der Waals surface area contributed by atoms with Gasteiger partial charge in [0.05, 0.1) is 16.8 Å². The van der Waals surface area contributed by atoms with E-state index in [0.717, 1.165) is 11.3 Å². The minimum Gasteiger partial charge on any atom is -0.324 e. The normalized spacial score (nSPS) is 11.9. The van der Waals surface area contributed by atoms with E-state index in [1.807, 2.05) is 13.2 Å². The predicted molar refractivity (Wildman–Crippen MR) is 86.9 cm³/mol. The monoisotopic (exact) mass is 320 g/mol. The second-order valence-corrected chi connectivity index (χ2v) is 5.71. The van der Waals surface area contributed by atoms with Gasteiger partial charge in [0.15, 0.2) is 0 Å². The van der Waals surface area contributed by atoms with Crippen molar-refractivity contribution < 1.29 is 9.72 Å². The molecule has 0 spiro atoms. The van der Waals surface area contributed by atoms with E-state index < -0.39 is 4.92 Å².